The van der Waals surface area contributed by atoms with Crippen LogP contribution in [0.25, 0.3) is 0 Å². The van der Waals surface area contributed by atoms with E-state index in [1.807, 2.05) is 48.5 Å². The predicted octanol–water partition coefficient (Wildman–Crippen LogP) is 4.31. The van der Waals surface area contributed by atoms with Crippen molar-refractivity contribution in [2.75, 3.05) is 20.8 Å². The number of methoxy groups -OCH3 is 2. The molecule has 0 aliphatic rings. The highest BCUT2D eigenvalue weighted by molar-refractivity contribution is 6.17. The second kappa shape index (κ2) is 15.0. The fourth-order valence-electron chi connectivity index (χ4n) is 3.51. The van der Waals surface area contributed by atoms with Gasteiger partial charge in [0.1, 0.15) is 11.5 Å². The van der Waals surface area contributed by atoms with E-state index >= 15 is 0 Å². The zero-order valence-electron chi connectivity index (χ0n) is 21.7. The number of esters is 1. The van der Waals surface area contributed by atoms with Gasteiger partial charge in [-0.25, -0.2) is 0 Å². The Balaban J connectivity index is 1.91. The van der Waals surface area contributed by atoms with Gasteiger partial charge in [-0.15, -0.1) is 0 Å². The Morgan fingerprint density at radius 3 is 1.42 bits per heavy atom. The highest BCUT2D eigenvalue weighted by atomic mass is 16.5. The Kier molecular flexibility index (Phi) is 12.1. The molecule has 0 spiro atoms. The molecule has 0 fully saturated rings. The van der Waals surface area contributed by atoms with Gasteiger partial charge in [-0.2, -0.15) is 0 Å². The van der Waals surface area contributed by atoms with Crippen LogP contribution in [0.5, 0.6) is 11.5 Å². The van der Waals surface area contributed by atoms with Gasteiger partial charge >= 0.3 is 5.97 Å². The molecule has 0 aliphatic heterocycles. The molecule has 0 amide bonds. The first kappa shape index (κ1) is 29.0. The van der Waals surface area contributed by atoms with Crippen molar-refractivity contribution >= 4 is 17.5 Å². The number of hydrogen-bond acceptors (Lipinski definition) is 8. The van der Waals surface area contributed by atoms with Crippen LogP contribution in [0.4, 0.5) is 0 Å². The molecule has 0 aliphatic carbocycles. The second-order valence-corrected chi connectivity index (χ2v) is 8.47. The molecule has 8 heteroatoms. The maximum absolute atomic E-state index is 13.0. The fraction of sp³-hybridized carbons (Fsp3) is 0.464. The second-order valence-electron chi connectivity index (χ2n) is 8.47. The van der Waals surface area contributed by atoms with E-state index in [-0.39, 0.29) is 32.7 Å². The lowest BCUT2D eigenvalue weighted by Crippen LogP contribution is -2.36. The van der Waals surface area contributed by atoms with Crippen molar-refractivity contribution in [2.24, 2.45) is 5.92 Å². The van der Waals surface area contributed by atoms with Gasteiger partial charge in [0.2, 0.25) is 0 Å². The molecule has 2 atom stereocenters. The van der Waals surface area contributed by atoms with E-state index in [4.69, 9.17) is 23.7 Å². The van der Waals surface area contributed by atoms with Crippen LogP contribution in [0.1, 0.15) is 44.7 Å². The lowest BCUT2D eigenvalue weighted by molar-refractivity contribution is -0.156. The minimum absolute atomic E-state index is 0.0724. The standard InChI is InChI=1S/C28H36O8/c1-6-34-28(31)27(25(29)15-19(2)35-17-21-7-11-23(32-4)12-8-21)26(30)16-20(3)36-18-22-9-13-24(33-5)14-10-22/h7-14,19-20,27H,6,15-18H2,1-5H3/t19-,20-/m0/s1. The van der Waals surface area contributed by atoms with Crippen LogP contribution in [0, 0.1) is 5.92 Å². The molecule has 2 rings (SSSR count). The summed E-state index contributed by atoms with van der Waals surface area (Å²) in [6.07, 6.45) is -1.17. The van der Waals surface area contributed by atoms with Gasteiger partial charge in [0.25, 0.3) is 0 Å². The number of hydrogen-bond donors (Lipinski definition) is 0. The van der Waals surface area contributed by atoms with Crippen LogP contribution in [0.15, 0.2) is 48.5 Å². The highest BCUT2D eigenvalue weighted by Gasteiger charge is 2.36. The summed E-state index contributed by atoms with van der Waals surface area (Å²) < 4.78 is 26.8. The van der Waals surface area contributed by atoms with Crippen LogP contribution in [0.2, 0.25) is 0 Å². The molecule has 8 nitrogen and oxygen atoms in total. The fourth-order valence-corrected chi connectivity index (χ4v) is 3.51. The van der Waals surface area contributed by atoms with Crippen LogP contribution in [-0.2, 0) is 41.8 Å². The van der Waals surface area contributed by atoms with Gasteiger partial charge in [-0.1, -0.05) is 24.3 Å². The van der Waals surface area contributed by atoms with Crippen molar-refractivity contribution < 1.29 is 38.1 Å². The molecular formula is C28H36O8. The van der Waals surface area contributed by atoms with Crippen LogP contribution >= 0.6 is 0 Å². The molecule has 196 valence electrons. The molecule has 36 heavy (non-hydrogen) atoms. The number of ketones is 2. The monoisotopic (exact) mass is 500 g/mol. The van der Waals surface area contributed by atoms with Gasteiger partial charge in [0, 0.05) is 12.8 Å². The van der Waals surface area contributed by atoms with Gasteiger partial charge < -0.3 is 23.7 Å². The van der Waals surface area contributed by atoms with Crippen molar-refractivity contribution in [1.29, 1.82) is 0 Å². The molecule has 0 bridgehead atoms. The Bertz CT molecular complexity index is 897. The lowest BCUT2D eigenvalue weighted by Gasteiger charge is -2.19. The third kappa shape index (κ3) is 9.43. The van der Waals surface area contributed by atoms with Gasteiger partial charge in [-0.3, -0.25) is 14.4 Å². The minimum atomic E-state index is -1.50. The number of carbonyl (C=O) groups excluding carboxylic acids is 3. The zero-order chi connectivity index (χ0) is 26.5. The summed E-state index contributed by atoms with van der Waals surface area (Å²) in [7, 11) is 3.18. The molecule has 0 radical (unpaired) electrons. The number of Topliss-reactive ketones (excluding diaryl/α,β-unsaturated/α-hetero) is 2. The van der Waals surface area contributed by atoms with Gasteiger partial charge in [0.05, 0.1) is 46.2 Å². The summed E-state index contributed by atoms with van der Waals surface area (Å²) in [5.41, 5.74) is 1.83. The Morgan fingerprint density at radius 1 is 0.694 bits per heavy atom. The first-order chi connectivity index (χ1) is 17.3. The van der Waals surface area contributed by atoms with E-state index in [2.05, 4.69) is 0 Å². The minimum Gasteiger partial charge on any atom is -0.497 e. The Hall–Kier alpha value is -3.23. The third-order valence-corrected chi connectivity index (χ3v) is 5.53. The molecule has 0 saturated carbocycles. The molecular weight excluding hydrogens is 464 g/mol. The predicted molar refractivity (Wildman–Crippen MR) is 134 cm³/mol. The third-order valence-electron chi connectivity index (χ3n) is 5.53. The first-order valence-corrected chi connectivity index (χ1v) is 12.0. The molecule has 0 aromatic heterocycles. The maximum Gasteiger partial charge on any atom is 0.324 e. The van der Waals surface area contributed by atoms with Crippen LogP contribution in [0.3, 0.4) is 0 Å². The SMILES string of the molecule is CCOC(=O)C(C(=O)C[C@H](C)OCc1ccc(OC)cc1)C(=O)C[C@H](C)OCc1ccc(OC)cc1. The Morgan fingerprint density at radius 2 is 1.08 bits per heavy atom. The summed E-state index contributed by atoms with van der Waals surface area (Å²) in [6, 6.07) is 14.8. The average Bonchev–Trinajstić information content (AvgIpc) is 2.87. The Labute approximate surface area is 212 Å². The van der Waals surface area contributed by atoms with Crippen LogP contribution < -0.4 is 9.47 Å². The molecule has 0 N–H and O–H groups in total. The number of rotatable bonds is 16. The molecule has 0 unspecified atom stereocenters. The van der Waals surface area contributed by atoms with Crippen LogP contribution in [-0.4, -0.2) is 50.6 Å². The molecule has 0 heterocycles. The molecule has 0 saturated heterocycles. The lowest BCUT2D eigenvalue weighted by atomic mass is 9.92. The normalized spacial score (nSPS) is 12.6. The van der Waals surface area contributed by atoms with E-state index < -0.39 is 35.7 Å². The highest BCUT2D eigenvalue weighted by Crippen LogP contribution is 2.18. The van der Waals surface area contributed by atoms with Crippen molar-refractivity contribution in [3.63, 3.8) is 0 Å². The topological polar surface area (TPSA) is 97.4 Å². The smallest absolute Gasteiger partial charge is 0.324 e. The van der Waals surface area contributed by atoms with Crippen molar-refractivity contribution in [3.05, 3.63) is 59.7 Å². The molecule has 2 aromatic rings. The van der Waals surface area contributed by atoms with Gasteiger partial charge in [-0.05, 0) is 56.2 Å². The summed E-state index contributed by atoms with van der Waals surface area (Å²) in [5, 5.41) is 0. The van der Waals surface area contributed by atoms with Crippen molar-refractivity contribution in [3.8, 4) is 11.5 Å². The molecule has 2 aromatic carbocycles. The first-order valence-electron chi connectivity index (χ1n) is 12.0. The van der Waals surface area contributed by atoms with E-state index in [1.165, 1.54) is 0 Å². The summed E-state index contributed by atoms with van der Waals surface area (Å²) >= 11 is 0. The number of benzene rings is 2. The summed E-state index contributed by atoms with van der Waals surface area (Å²) in [4.78, 5) is 38.4. The quantitative estimate of drug-likeness (QED) is 0.248. The summed E-state index contributed by atoms with van der Waals surface area (Å²) in [5.74, 6) is -1.91. The van der Waals surface area contributed by atoms with E-state index in [1.54, 1.807) is 35.0 Å². The largest absolute Gasteiger partial charge is 0.497 e. The number of carbonyl (C=O) groups is 3. The van der Waals surface area contributed by atoms with Crippen molar-refractivity contribution in [1.82, 2.24) is 0 Å². The maximum atomic E-state index is 13.0. The number of ether oxygens (including phenoxy) is 5. The average molecular weight is 501 g/mol. The van der Waals surface area contributed by atoms with E-state index in [0.717, 1.165) is 22.6 Å². The summed E-state index contributed by atoms with van der Waals surface area (Å²) in [6.45, 7) is 5.73. The van der Waals surface area contributed by atoms with Gasteiger partial charge in [0.15, 0.2) is 17.5 Å². The van der Waals surface area contributed by atoms with Crippen molar-refractivity contribution in [2.45, 2.75) is 59.0 Å². The zero-order valence-corrected chi connectivity index (χ0v) is 21.7. The van der Waals surface area contributed by atoms with E-state index in [9.17, 15) is 14.4 Å². The van der Waals surface area contributed by atoms with E-state index in [0.29, 0.717) is 0 Å².